The second-order valence-electron chi connectivity index (χ2n) is 4.81. The number of nitrogens with zero attached hydrogens (tertiary/aromatic N) is 1. The third kappa shape index (κ3) is 2.47. The molecule has 0 saturated carbocycles. The molecule has 0 radical (unpaired) electrons. The summed E-state index contributed by atoms with van der Waals surface area (Å²) < 4.78 is 5.77. The normalized spacial score (nSPS) is 33.1. The van der Waals surface area contributed by atoms with Crippen molar-refractivity contribution in [3.05, 3.63) is 26.5 Å². The number of hydrogen-bond acceptors (Lipinski definition) is 8. The molecule has 2 rings (SSSR count). The van der Waals surface area contributed by atoms with Gasteiger partial charge in [-0.3, -0.25) is 9.36 Å². The summed E-state index contributed by atoms with van der Waals surface area (Å²) in [6.07, 6.45) is -7.69. The highest BCUT2D eigenvalue weighted by Gasteiger charge is 2.45. The first kappa shape index (κ1) is 15.7. The predicted molar refractivity (Wildman–Crippen MR) is 66.7 cm³/mol. The molecule has 1 fully saturated rings. The average molecular weight is 304 g/mol. The van der Waals surface area contributed by atoms with E-state index in [-0.39, 0.29) is 0 Å². The Bertz CT molecular complexity index is 636. The van der Waals surface area contributed by atoms with Crippen LogP contribution in [0.3, 0.4) is 0 Å². The zero-order valence-electron chi connectivity index (χ0n) is 11.0. The lowest BCUT2D eigenvalue weighted by Crippen LogP contribution is -2.55. The van der Waals surface area contributed by atoms with E-state index in [2.05, 4.69) is 4.98 Å². The van der Waals surface area contributed by atoms with Gasteiger partial charge in [-0.2, -0.15) is 0 Å². The van der Waals surface area contributed by atoms with E-state index in [4.69, 9.17) is 9.84 Å². The van der Waals surface area contributed by atoms with E-state index in [0.717, 1.165) is 7.05 Å². The Morgan fingerprint density at radius 2 is 1.81 bits per heavy atom. The van der Waals surface area contributed by atoms with Crippen LogP contribution in [0.15, 0.2) is 9.59 Å². The van der Waals surface area contributed by atoms with Crippen LogP contribution in [-0.4, -0.2) is 66.1 Å². The van der Waals surface area contributed by atoms with E-state index >= 15 is 0 Å². The number of aromatic nitrogens is 2. The number of H-pyrrole nitrogens is 1. The van der Waals surface area contributed by atoms with E-state index in [9.17, 15) is 30.0 Å². The van der Waals surface area contributed by atoms with Crippen LogP contribution in [0.5, 0.6) is 5.75 Å². The quantitative estimate of drug-likeness (QED) is 0.325. The summed E-state index contributed by atoms with van der Waals surface area (Å²) in [4.78, 5) is 25.4. The highest BCUT2D eigenvalue weighted by molar-refractivity contribution is 5.26. The molecule has 5 atom stereocenters. The fraction of sp³-hybridized carbons (Fsp3) is 0.636. The number of aliphatic hydroxyl groups excluding tert-OH is 4. The van der Waals surface area contributed by atoms with Crippen molar-refractivity contribution < 1.29 is 30.3 Å². The molecule has 1 aliphatic heterocycles. The van der Waals surface area contributed by atoms with Crippen molar-refractivity contribution in [3.63, 3.8) is 0 Å². The van der Waals surface area contributed by atoms with Gasteiger partial charge in [0.25, 0.3) is 5.56 Å². The maximum atomic E-state index is 11.7. The molecule has 0 aliphatic carbocycles. The lowest BCUT2D eigenvalue weighted by Gasteiger charge is -2.39. The largest absolute Gasteiger partial charge is 0.502 e. The number of aromatic hydroxyl groups is 1. The van der Waals surface area contributed by atoms with E-state index in [0.29, 0.717) is 4.57 Å². The molecule has 10 nitrogen and oxygen atoms in total. The fourth-order valence-electron chi connectivity index (χ4n) is 2.17. The molecule has 0 bridgehead atoms. The molecule has 1 aromatic heterocycles. The van der Waals surface area contributed by atoms with Crippen LogP contribution in [-0.2, 0) is 11.8 Å². The second-order valence-corrected chi connectivity index (χ2v) is 4.81. The number of hydrogen-bond donors (Lipinski definition) is 6. The lowest BCUT2D eigenvalue weighted by atomic mass is 9.93. The molecule has 1 aliphatic rings. The SMILES string of the molecule is Cn1c(=O)[nH]c([C@@H]2O[C@H](CO)[C@@H](O)[C@H](O)[C@H]2O)c(O)c1=O. The van der Waals surface area contributed by atoms with Crippen molar-refractivity contribution in [2.45, 2.75) is 30.5 Å². The van der Waals surface area contributed by atoms with Crippen LogP contribution in [0.4, 0.5) is 0 Å². The van der Waals surface area contributed by atoms with E-state index in [1.165, 1.54) is 0 Å². The first-order chi connectivity index (χ1) is 9.79. The van der Waals surface area contributed by atoms with Crippen molar-refractivity contribution in [2.24, 2.45) is 7.05 Å². The third-order valence-electron chi connectivity index (χ3n) is 3.49. The van der Waals surface area contributed by atoms with Gasteiger partial charge in [0, 0.05) is 7.05 Å². The van der Waals surface area contributed by atoms with Crippen LogP contribution >= 0.6 is 0 Å². The summed E-state index contributed by atoms with van der Waals surface area (Å²) in [5, 5.41) is 48.1. The Balaban J connectivity index is 2.51. The molecule has 2 heterocycles. The minimum absolute atomic E-state index is 0.431. The molecule has 6 N–H and O–H groups in total. The lowest BCUT2D eigenvalue weighted by molar-refractivity contribution is -0.233. The van der Waals surface area contributed by atoms with Crippen LogP contribution in [0.2, 0.25) is 0 Å². The Kier molecular flexibility index (Phi) is 4.16. The average Bonchev–Trinajstić information content (AvgIpc) is 2.47. The summed E-state index contributed by atoms with van der Waals surface area (Å²) in [5.74, 6) is -0.860. The van der Waals surface area contributed by atoms with Crippen LogP contribution < -0.4 is 11.2 Å². The Hall–Kier alpha value is -1.72. The van der Waals surface area contributed by atoms with Crippen molar-refractivity contribution >= 4 is 0 Å². The summed E-state index contributed by atoms with van der Waals surface area (Å²) in [6, 6.07) is 0. The van der Waals surface area contributed by atoms with Gasteiger partial charge in [-0.15, -0.1) is 0 Å². The Morgan fingerprint density at radius 3 is 2.38 bits per heavy atom. The molecule has 0 spiro atoms. The summed E-state index contributed by atoms with van der Waals surface area (Å²) in [7, 11) is 1.14. The predicted octanol–water partition coefficient (Wildman–Crippen LogP) is -3.71. The van der Waals surface area contributed by atoms with Crippen molar-refractivity contribution in [3.8, 4) is 5.75 Å². The van der Waals surface area contributed by atoms with Gasteiger partial charge < -0.3 is 35.3 Å². The fourth-order valence-corrected chi connectivity index (χ4v) is 2.17. The molecule has 21 heavy (non-hydrogen) atoms. The molecule has 0 amide bonds. The van der Waals surface area contributed by atoms with Gasteiger partial charge >= 0.3 is 5.69 Å². The Morgan fingerprint density at radius 1 is 1.19 bits per heavy atom. The van der Waals surface area contributed by atoms with Crippen LogP contribution in [0.25, 0.3) is 0 Å². The summed E-state index contributed by atoms with van der Waals surface area (Å²) >= 11 is 0. The third-order valence-corrected chi connectivity index (χ3v) is 3.49. The number of aliphatic hydroxyl groups is 4. The number of rotatable bonds is 2. The number of ether oxygens (including phenoxy) is 1. The first-order valence-corrected chi connectivity index (χ1v) is 6.12. The topological polar surface area (TPSA) is 165 Å². The number of nitrogens with one attached hydrogen (secondary N) is 1. The Labute approximate surface area is 117 Å². The van der Waals surface area contributed by atoms with Gasteiger partial charge in [0.2, 0.25) is 5.75 Å². The minimum atomic E-state index is -1.71. The van der Waals surface area contributed by atoms with Gasteiger partial charge in [-0.25, -0.2) is 4.79 Å². The molecule has 1 saturated heterocycles. The van der Waals surface area contributed by atoms with Crippen LogP contribution in [0.1, 0.15) is 11.8 Å². The second kappa shape index (κ2) is 5.58. The minimum Gasteiger partial charge on any atom is -0.502 e. The first-order valence-electron chi connectivity index (χ1n) is 6.12. The van der Waals surface area contributed by atoms with E-state index < -0.39 is 59.8 Å². The molecule has 0 aromatic carbocycles. The van der Waals surface area contributed by atoms with Crippen LogP contribution in [0, 0.1) is 0 Å². The maximum Gasteiger partial charge on any atom is 0.328 e. The molecule has 118 valence electrons. The van der Waals surface area contributed by atoms with Crippen molar-refractivity contribution in [1.29, 1.82) is 0 Å². The van der Waals surface area contributed by atoms with Gasteiger partial charge in [-0.05, 0) is 0 Å². The molecule has 10 heteroatoms. The van der Waals surface area contributed by atoms with Gasteiger partial charge in [0.15, 0.2) is 0 Å². The zero-order valence-corrected chi connectivity index (χ0v) is 11.0. The zero-order chi connectivity index (χ0) is 15.9. The number of aromatic amines is 1. The molecular weight excluding hydrogens is 288 g/mol. The molecule has 1 aromatic rings. The smallest absolute Gasteiger partial charge is 0.328 e. The standard InChI is InChI=1S/C11H16N2O8/c1-13-10(19)6(16)4(12-11(13)20)9-8(18)7(17)5(15)3(2-14)21-9/h3,5,7-9,14-18H,2H2,1H3,(H,12,20)/t3-,5-,7+,8-,9+/m1/s1. The maximum absolute atomic E-state index is 11.7. The summed E-state index contributed by atoms with van der Waals surface area (Å²) in [6.45, 7) is -0.669. The highest BCUT2D eigenvalue weighted by Crippen LogP contribution is 2.33. The molecule has 0 unspecified atom stereocenters. The van der Waals surface area contributed by atoms with E-state index in [1.54, 1.807) is 0 Å². The van der Waals surface area contributed by atoms with E-state index in [1.807, 2.05) is 0 Å². The molecular formula is C11H16N2O8. The highest BCUT2D eigenvalue weighted by atomic mass is 16.5. The summed E-state index contributed by atoms with van der Waals surface area (Å²) in [5.41, 5.74) is -2.30. The monoisotopic (exact) mass is 304 g/mol. The van der Waals surface area contributed by atoms with Gasteiger partial charge in [0.1, 0.15) is 30.5 Å². The van der Waals surface area contributed by atoms with Gasteiger partial charge in [-0.1, -0.05) is 0 Å². The van der Waals surface area contributed by atoms with Crippen molar-refractivity contribution in [2.75, 3.05) is 6.61 Å². The van der Waals surface area contributed by atoms with Crippen molar-refractivity contribution in [1.82, 2.24) is 9.55 Å². The van der Waals surface area contributed by atoms with Gasteiger partial charge in [0.05, 0.1) is 12.3 Å².